The molecule has 4 nitrogen and oxygen atoms in total. The molecular weight excluding hydrogens is 196 g/mol. The highest BCUT2D eigenvalue weighted by atomic mass is 32.2. The van der Waals surface area contributed by atoms with E-state index in [0.29, 0.717) is 17.6 Å². The van der Waals surface area contributed by atoms with Gasteiger partial charge in [0.25, 0.3) is 0 Å². The molecule has 1 aromatic heterocycles. The predicted molar refractivity (Wildman–Crippen MR) is 58.2 cm³/mol. The fourth-order valence-corrected chi connectivity index (χ4v) is 1.59. The first kappa shape index (κ1) is 10.8. The van der Waals surface area contributed by atoms with Crippen molar-refractivity contribution < 1.29 is 0 Å². The summed E-state index contributed by atoms with van der Waals surface area (Å²) >= 11 is 1.77. The molecule has 0 radical (unpaired) electrons. The van der Waals surface area contributed by atoms with Crippen molar-refractivity contribution in [3.05, 3.63) is 18.1 Å². The summed E-state index contributed by atoms with van der Waals surface area (Å²) in [4.78, 5) is 7.98. The van der Waals surface area contributed by atoms with Gasteiger partial charge in [0.1, 0.15) is 11.9 Å². The molecule has 0 bridgehead atoms. The molecule has 1 unspecified atom stereocenters. The van der Waals surface area contributed by atoms with Crippen molar-refractivity contribution in [1.82, 2.24) is 9.97 Å². The summed E-state index contributed by atoms with van der Waals surface area (Å²) in [5, 5.41) is 11.7. The number of thioether (sulfide) groups is 1. The molecule has 1 atom stereocenters. The lowest BCUT2D eigenvalue weighted by Crippen LogP contribution is -2.18. The van der Waals surface area contributed by atoms with Crippen molar-refractivity contribution >= 4 is 17.6 Å². The lowest BCUT2D eigenvalue weighted by atomic mass is 10.4. The Bertz CT molecular complexity index is 317. The highest BCUT2D eigenvalue weighted by Crippen LogP contribution is 2.05. The first-order chi connectivity index (χ1) is 6.76. The van der Waals surface area contributed by atoms with Gasteiger partial charge in [-0.15, -0.1) is 0 Å². The summed E-state index contributed by atoms with van der Waals surface area (Å²) in [7, 11) is 0. The van der Waals surface area contributed by atoms with Crippen LogP contribution in [0.25, 0.3) is 0 Å². The molecule has 0 saturated heterocycles. The van der Waals surface area contributed by atoms with Crippen LogP contribution in [0.1, 0.15) is 12.6 Å². The summed E-state index contributed by atoms with van der Waals surface area (Å²) in [6.07, 6.45) is 5.10. The SMILES string of the molecule is CSCC(C)Nc1cnc(C#N)cn1. The quantitative estimate of drug-likeness (QED) is 0.812. The van der Waals surface area contributed by atoms with Crippen molar-refractivity contribution in [2.24, 2.45) is 0 Å². The van der Waals surface area contributed by atoms with Crippen molar-refractivity contribution in [2.75, 3.05) is 17.3 Å². The third kappa shape index (κ3) is 3.23. The van der Waals surface area contributed by atoms with Gasteiger partial charge in [-0.05, 0) is 13.2 Å². The Kier molecular flexibility index (Phi) is 4.20. The molecule has 0 aromatic carbocycles. The van der Waals surface area contributed by atoms with Gasteiger partial charge in [-0.25, -0.2) is 9.97 Å². The Hall–Kier alpha value is -1.28. The maximum Gasteiger partial charge on any atom is 0.158 e. The van der Waals surface area contributed by atoms with Crippen LogP contribution in [-0.4, -0.2) is 28.0 Å². The molecule has 0 fully saturated rings. The van der Waals surface area contributed by atoms with E-state index >= 15 is 0 Å². The first-order valence-corrected chi connectivity index (χ1v) is 5.63. The number of hydrogen-bond donors (Lipinski definition) is 1. The van der Waals surface area contributed by atoms with Crippen LogP contribution < -0.4 is 5.32 Å². The van der Waals surface area contributed by atoms with Crippen LogP contribution in [0.5, 0.6) is 0 Å². The van der Waals surface area contributed by atoms with E-state index in [1.807, 2.05) is 6.07 Å². The van der Waals surface area contributed by atoms with E-state index in [2.05, 4.69) is 28.5 Å². The third-order valence-corrected chi connectivity index (χ3v) is 2.41. The number of rotatable bonds is 4. The Balaban J connectivity index is 2.56. The van der Waals surface area contributed by atoms with Crippen LogP contribution in [0.3, 0.4) is 0 Å². The number of nitriles is 1. The molecule has 1 heterocycles. The van der Waals surface area contributed by atoms with Gasteiger partial charge in [0.2, 0.25) is 0 Å². The Morgan fingerprint density at radius 3 is 2.86 bits per heavy atom. The lowest BCUT2D eigenvalue weighted by molar-refractivity contribution is 0.898. The zero-order chi connectivity index (χ0) is 10.4. The topological polar surface area (TPSA) is 61.6 Å². The highest BCUT2D eigenvalue weighted by molar-refractivity contribution is 7.98. The van der Waals surface area contributed by atoms with Gasteiger partial charge >= 0.3 is 0 Å². The summed E-state index contributed by atoms with van der Waals surface area (Å²) in [5.41, 5.74) is 0.341. The van der Waals surface area contributed by atoms with E-state index in [1.165, 1.54) is 6.20 Å². The Morgan fingerprint density at radius 1 is 1.57 bits per heavy atom. The van der Waals surface area contributed by atoms with E-state index < -0.39 is 0 Å². The second kappa shape index (κ2) is 5.45. The van der Waals surface area contributed by atoms with E-state index in [4.69, 9.17) is 5.26 Å². The normalized spacial score (nSPS) is 11.8. The number of anilines is 1. The predicted octanol–water partition coefficient (Wildman–Crippen LogP) is 1.51. The lowest BCUT2D eigenvalue weighted by Gasteiger charge is -2.11. The molecule has 0 aliphatic heterocycles. The molecule has 1 aromatic rings. The molecule has 74 valence electrons. The molecule has 0 saturated carbocycles. The van der Waals surface area contributed by atoms with Crippen molar-refractivity contribution in [3.63, 3.8) is 0 Å². The van der Waals surface area contributed by atoms with Gasteiger partial charge in [0, 0.05) is 11.8 Å². The second-order valence-corrected chi connectivity index (χ2v) is 3.81. The molecule has 0 spiro atoms. The molecule has 1 rings (SSSR count). The number of hydrogen-bond acceptors (Lipinski definition) is 5. The van der Waals surface area contributed by atoms with Gasteiger partial charge in [-0.3, -0.25) is 0 Å². The number of nitrogens with one attached hydrogen (secondary N) is 1. The van der Waals surface area contributed by atoms with E-state index in [1.54, 1.807) is 18.0 Å². The zero-order valence-electron chi connectivity index (χ0n) is 8.19. The molecular formula is C9H12N4S. The molecule has 14 heavy (non-hydrogen) atoms. The minimum absolute atomic E-state index is 0.341. The largest absolute Gasteiger partial charge is 0.366 e. The second-order valence-electron chi connectivity index (χ2n) is 2.90. The van der Waals surface area contributed by atoms with Crippen molar-refractivity contribution in [1.29, 1.82) is 5.26 Å². The van der Waals surface area contributed by atoms with Gasteiger partial charge in [-0.2, -0.15) is 17.0 Å². The average Bonchev–Trinajstić information content (AvgIpc) is 2.19. The maximum atomic E-state index is 8.52. The maximum absolute atomic E-state index is 8.52. The third-order valence-electron chi connectivity index (χ3n) is 1.58. The number of nitrogens with zero attached hydrogens (tertiary/aromatic N) is 3. The van der Waals surface area contributed by atoms with Crippen LogP contribution in [-0.2, 0) is 0 Å². The van der Waals surface area contributed by atoms with Crippen LogP contribution in [0.4, 0.5) is 5.82 Å². The first-order valence-electron chi connectivity index (χ1n) is 4.24. The van der Waals surface area contributed by atoms with E-state index in [-0.39, 0.29) is 0 Å². The van der Waals surface area contributed by atoms with Crippen LogP contribution >= 0.6 is 11.8 Å². The van der Waals surface area contributed by atoms with Crippen molar-refractivity contribution in [3.8, 4) is 6.07 Å². The van der Waals surface area contributed by atoms with Gasteiger partial charge in [0.05, 0.1) is 12.4 Å². The fraction of sp³-hybridized carbons (Fsp3) is 0.444. The minimum atomic E-state index is 0.341. The average molecular weight is 208 g/mol. The minimum Gasteiger partial charge on any atom is -0.366 e. The zero-order valence-corrected chi connectivity index (χ0v) is 9.01. The summed E-state index contributed by atoms with van der Waals surface area (Å²) < 4.78 is 0. The van der Waals surface area contributed by atoms with E-state index in [9.17, 15) is 0 Å². The standard InChI is InChI=1S/C9H12N4S/c1-7(6-14-2)13-9-5-11-8(3-10)4-12-9/h4-5,7H,6H2,1-2H3,(H,12,13). The van der Waals surface area contributed by atoms with Crippen LogP contribution in [0.2, 0.25) is 0 Å². The van der Waals surface area contributed by atoms with Gasteiger partial charge in [-0.1, -0.05) is 0 Å². The Labute approximate surface area is 87.8 Å². The molecule has 0 aliphatic carbocycles. The molecule has 1 N–H and O–H groups in total. The smallest absolute Gasteiger partial charge is 0.158 e. The van der Waals surface area contributed by atoms with Gasteiger partial charge < -0.3 is 5.32 Å². The van der Waals surface area contributed by atoms with Crippen LogP contribution in [0, 0.1) is 11.3 Å². The van der Waals surface area contributed by atoms with Crippen LogP contribution in [0.15, 0.2) is 12.4 Å². The molecule has 0 amide bonds. The Morgan fingerprint density at radius 2 is 2.36 bits per heavy atom. The van der Waals surface area contributed by atoms with Crippen molar-refractivity contribution in [2.45, 2.75) is 13.0 Å². The monoisotopic (exact) mass is 208 g/mol. The summed E-state index contributed by atoms with van der Waals surface area (Å²) in [5.74, 6) is 1.73. The fourth-order valence-electron chi connectivity index (χ4n) is 1.00. The number of aromatic nitrogens is 2. The molecule has 0 aliphatic rings. The highest BCUT2D eigenvalue weighted by Gasteiger charge is 2.01. The summed E-state index contributed by atoms with van der Waals surface area (Å²) in [6, 6.07) is 2.28. The van der Waals surface area contributed by atoms with E-state index in [0.717, 1.165) is 5.75 Å². The molecule has 5 heteroatoms. The summed E-state index contributed by atoms with van der Waals surface area (Å²) in [6.45, 7) is 2.08. The van der Waals surface area contributed by atoms with Gasteiger partial charge in [0.15, 0.2) is 5.69 Å².